The van der Waals surface area contributed by atoms with Crippen molar-refractivity contribution in [2.24, 2.45) is 0 Å². The molecule has 0 atom stereocenters. The van der Waals surface area contributed by atoms with Crippen molar-refractivity contribution in [3.05, 3.63) is 26.8 Å². The fourth-order valence-electron chi connectivity index (χ4n) is 0.991. The van der Waals surface area contributed by atoms with Gasteiger partial charge in [0, 0.05) is 0 Å². The molecule has 0 radical (unpaired) electrons. The van der Waals surface area contributed by atoms with E-state index in [9.17, 15) is 15.3 Å². The maximum Gasteiger partial charge on any atom is 0.334 e. The lowest BCUT2D eigenvalue weighted by atomic mass is 10.2. The Morgan fingerprint density at radius 2 is 2.21 bits per heavy atom. The van der Waals surface area contributed by atoms with E-state index in [0.717, 1.165) is 0 Å². The molecule has 1 rings (SSSR count). The molecule has 0 aliphatic heterocycles. The first-order valence-electron chi connectivity index (χ1n) is 3.85. The smallest absolute Gasteiger partial charge is 0.334 e. The molecule has 0 spiro atoms. The van der Waals surface area contributed by atoms with Gasteiger partial charge >= 0.3 is 5.69 Å². The molecule has 0 saturated carbocycles. The van der Waals surface area contributed by atoms with Gasteiger partial charge in [-0.2, -0.15) is 0 Å². The van der Waals surface area contributed by atoms with Crippen LogP contribution in [0, 0.1) is 22.2 Å². The molecule has 0 aliphatic rings. The van der Waals surface area contributed by atoms with E-state index in [1.807, 2.05) is 0 Å². The Bertz CT molecular complexity index is 378. The molecule has 14 heavy (non-hydrogen) atoms. The topological polar surface area (TPSA) is 95.2 Å². The Morgan fingerprint density at radius 3 is 2.71 bits per heavy atom. The first kappa shape index (κ1) is 10.2. The highest BCUT2D eigenvalue weighted by Gasteiger charge is 2.23. The third-order valence-corrected chi connectivity index (χ3v) is 1.62. The summed E-state index contributed by atoms with van der Waals surface area (Å²) >= 11 is 0. The van der Waals surface area contributed by atoms with Crippen molar-refractivity contribution >= 4 is 11.9 Å². The van der Waals surface area contributed by atoms with Crippen LogP contribution in [0.5, 0.6) is 0 Å². The summed E-state index contributed by atoms with van der Waals surface area (Å²) in [4.78, 5) is 9.98. The molecule has 0 N–H and O–H groups in total. The predicted octanol–water partition coefficient (Wildman–Crippen LogP) is 0.645. The van der Waals surface area contributed by atoms with Gasteiger partial charge in [-0.25, -0.2) is 4.74 Å². The first-order chi connectivity index (χ1) is 6.52. The molecular formula is C7H9N3O4. The molecule has 1 aromatic heterocycles. The second kappa shape index (κ2) is 3.86. The summed E-state index contributed by atoms with van der Waals surface area (Å²) in [7, 11) is 1.29. The fraction of sp³-hybridized carbons (Fsp3) is 0.429. The number of nitro groups is 1. The second-order valence-electron chi connectivity index (χ2n) is 2.73. The zero-order valence-corrected chi connectivity index (χ0v) is 7.76. The van der Waals surface area contributed by atoms with E-state index in [1.54, 1.807) is 0 Å². The van der Waals surface area contributed by atoms with Gasteiger partial charge in [0.25, 0.3) is 0 Å². The average molecular weight is 199 g/mol. The molecule has 76 valence electrons. The number of rotatable bonds is 3. The van der Waals surface area contributed by atoms with Crippen LogP contribution in [0.25, 0.3) is 0 Å². The summed E-state index contributed by atoms with van der Waals surface area (Å²) in [5.41, 5.74) is 0.0510. The van der Waals surface area contributed by atoms with Crippen LogP contribution < -0.4 is 0 Å². The van der Waals surface area contributed by atoms with Crippen molar-refractivity contribution in [3.63, 3.8) is 0 Å². The monoisotopic (exact) mass is 199 g/mol. The molecule has 1 aromatic rings. The van der Waals surface area contributed by atoms with Gasteiger partial charge in [-0.05, 0) is 6.92 Å². The van der Waals surface area contributed by atoms with Crippen LogP contribution in [0.15, 0.2) is 4.52 Å². The Labute approximate surface area is 79.4 Å². The molecule has 7 heteroatoms. The minimum Gasteiger partial charge on any atom is -0.624 e. The van der Waals surface area contributed by atoms with Gasteiger partial charge in [-0.15, -0.1) is 0 Å². The SMILES string of the molecule is Cc1noc(CC=[N+](C)[O-])c1[N+](=O)[O-]. The highest BCUT2D eigenvalue weighted by molar-refractivity contribution is 5.58. The summed E-state index contributed by atoms with van der Waals surface area (Å²) in [6.07, 6.45) is 1.30. The van der Waals surface area contributed by atoms with Crippen molar-refractivity contribution in [1.82, 2.24) is 5.16 Å². The Hall–Kier alpha value is -1.92. The summed E-state index contributed by atoms with van der Waals surface area (Å²) in [5.74, 6) is 0.0928. The van der Waals surface area contributed by atoms with Crippen LogP contribution in [-0.4, -0.2) is 28.1 Å². The molecular weight excluding hydrogens is 190 g/mol. The van der Waals surface area contributed by atoms with Gasteiger partial charge < -0.3 is 9.73 Å². The van der Waals surface area contributed by atoms with Gasteiger partial charge in [-0.3, -0.25) is 10.1 Å². The minimum atomic E-state index is -0.570. The van der Waals surface area contributed by atoms with Crippen LogP contribution >= 0.6 is 0 Å². The number of hydrogen-bond donors (Lipinski definition) is 0. The van der Waals surface area contributed by atoms with Crippen molar-refractivity contribution in [2.45, 2.75) is 13.3 Å². The van der Waals surface area contributed by atoms with Crippen LogP contribution in [0.4, 0.5) is 5.69 Å². The van der Waals surface area contributed by atoms with Crippen LogP contribution in [-0.2, 0) is 6.42 Å². The Morgan fingerprint density at radius 1 is 1.57 bits per heavy atom. The van der Waals surface area contributed by atoms with E-state index in [2.05, 4.69) is 5.16 Å². The maximum absolute atomic E-state index is 10.5. The summed E-state index contributed by atoms with van der Waals surface area (Å²) in [6, 6.07) is 0. The van der Waals surface area contributed by atoms with E-state index in [1.165, 1.54) is 20.2 Å². The highest BCUT2D eigenvalue weighted by Crippen LogP contribution is 2.22. The lowest BCUT2D eigenvalue weighted by molar-refractivity contribution is -0.418. The van der Waals surface area contributed by atoms with Crippen molar-refractivity contribution < 1.29 is 14.2 Å². The van der Waals surface area contributed by atoms with Gasteiger partial charge in [0.05, 0.1) is 11.3 Å². The van der Waals surface area contributed by atoms with Crippen molar-refractivity contribution in [3.8, 4) is 0 Å². The van der Waals surface area contributed by atoms with Crippen LogP contribution in [0.3, 0.4) is 0 Å². The van der Waals surface area contributed by atoms with Gasteiger partial charge in [-0.1, -0.05) is 5.16 Å². The zero-order valence-electron chi connectivity index (χ0n) is 7.76. The number of hydroxylamine groups is 1. The lowest BCUT2D eigenvalue weighted by Gasteiger charge is -1.92. The molecule has 7 nitrogen and oxygen atoms in total. The van der Waals surface area contributed by atoms with Crippen molar-refractivity contribution in [1.29, 1.82) is 0 Å². The van der Waals surface area contributed by atoms with E-state index >= 15 is 0 Å². The standard InChI is InChI=1S/C7H9N3O4/c1-5-7(10(12)13)6(14-8-5)3-4-9(2)11/h4H,3H2,1-2H3. The Kier molecular flexibility index (Phi) is 2.80. The highest BCUT2D eigenvalue weighted by atomic mass is 16.6. The molecule has 0 unspecified atom stereocenters. The van der Waals surface area contributed by atoms with Gasteiger partial charge in [0.2, 0.25) is 5.76 Å². The Balaban J connectivity index is 2.98. The molecule has 0 amide bonds. The van der Waals surface area contributed by atoms with Gasteiger partial charge in [0.1, 0.15) is 7.05 Å². The number of hydrogen-bond acceptors (Lipinski definition) is 5. The van der Waals surface area contributed by atoms with Crippen molar-refractivity contribution in [2.75, 3.05) is 7.05 Å². The van der Waals surface area contributed by atoms with Gasteiger partial charge in [0.15, 0.2) is 11.9 Å². The number of aryl methyl sites for hydroxylation is 1. The normalized spacial score (nSPS) is 11.7. The van der Waals surface area contributed by atoms with E-state index in [0.29, 0.717) is 4.74 Å². The maximum atomic E-state index is 10.5. The third kappa shape index (κ3) is 2.06. The van der Waals surface area contributed by atoms with Crippen LogP contribution in [0.1, 0.15) is 11.5 Å². The fourth-order valence-corrected chi connectivity index (χ4v) is 0.991. The van der Waals surface area contributed by atoms with E-state index in [4.69, 9.17) is 4.52 Å². The number of nitrogens with zero attached hydrogens (tertiary/aromatic N) is 3. The molecule has 0 aliphatic carbocycles. The summed E-state index contributed by atoms with van der Waals surface area (Å²) < 4.78 is 5.28. The van der Waals surface area contributed by atoms with E-state index < -0.39 is 4.92 Å². The molecule has 0 bridgehead atoms. The number of aromatic nitrogens is 1. The lowest BCUT2D eigenvalue weighted by Crippen LogP contribution is -2.00. The molecule has 0 fully saturated rings. The van der Waals surface area contributed by atoms with Crippen LogP contribution in [0.2, 0.25) is 0 Å². The van der Waals surface area contributed by atoms with E-state index in [-0.39, 0.29) is 23.6 Å². The molecule has 0 aromatic carbocycles. The predicted molar refractivity (Wildman–Crippen MR) is 47.2 cm³/mol. The summed E-state index contributed by atoms with van der Waals surface area (Å²) in [6.45, 7) is 1.48. The second-order valence-corrected chi connectivity index (χ2v) is 2.73. The molecule has 1 heterocycles. The molecule has 0 saturated heterocycles. The summed E-state index contributed by atoms with van der Waals surface area (Å²) in [5, 5.41) is 24.5. The average Bonchev–Trinajstić information content (AvgIpc) is 2.43. The minimum absolute atomic E-state index is 0.0666. The zero-order chi connectivity index (χ0) is 10.7. The quantitative estimate of drug-likeness (QED) is 0.234. The largest absolute Gasteiger partial charge is 0.624 e. The third-order valence-electron chi connectivity index (χ3n) is 1.62. The first-order valence-corrected chi connectivity index (χ1v) is 3.85.